The van der Waals surface area contributed by atoms with E-state index in [1.165, 1.54) is 0 Å². The van der Waals surface area contributed by atoms with Crippen LogP contribution in [0.3, 0.4) is 0 Å². The lowest BCUT2D eigenvalue weighted by atomic mass is 10.0. The minimum Gasteiger partial charge on any atom is -0.496 e. The van der Waals surface area contributed by atoms with Gasteiger partial charge in [0.25, 0.3) is 11.8 Å². The van der Waals surface area contributed by atoms with Crippen LogP contribution in [-0.4, -0.2) is 62.7 Å². The summed E-state index contributed by atoms with van der Waals surface area (Å²) in [5.41, 5.74) is -4.34. The van der Waals surface area contributed by atoms with Crippen LogP contribution >= 0.6 is 11.3 Å². The quantitative estimate of drug-likeness (QED) is 0.198. The van der Waals surface area contributed by atoms with Gasteiger partial charge in [-0.25, -0.2) is 17.2 Å². The van der Waals surface area contributed by atoms with Crippen LogP contribution < -0.4 is 15.4 Å². The number of hydrogen-bond donors (Lipinski definition) is 2. The number of alkyl halides is 6. The van der Waals surface area contributed by atoms with Crippen molar-refractivity contribution in [2.24, 2.45) is 0 Å². The van der Waals surface area contributed by atoms with Crippen LogP contribution in [-0.2, 0) is 33.4 Å². The van der Waals surface area contributed by atoms with E-state index in [0.717, 1.165) is 54.7 Å². The summed E-state index contributed by atoms with van der Waals surface area (Å²) in [5.74, 6) is -6.00. The molecule has 3 amide bonds. The largest absolute Gasteiger partial charge is 0.496 e. The van der Waals surface area contributed by atoms with Gasteiger partial charge in [-0.05, 0) is 36.4 Å². The van der Waals surface area contributed by atoms with Gasteiger partial charge in [0.1, 0.15) is 17.4 Å². The molecule has 266 valence electrons. The monoisotopic (exact) mass is 749 g/mol. The number of amides is 3. The predicted molar refractivity (Wildman–Crippen MR) is 166 cm³/mol. The predicted octanol–water partition coefficient (Wildman–Crippen LogP) is 6.53. The highest BCUT2D eigenvalue weighted by molar-refractivity contribution is 7.91. The number of nitrogens with one attached hydrogen (secondary N) is 2. The van der Waals surface area contributed by atoms with Gasteiger partial charge >= 0.3 is 12.4 Å². The maximum atomic E-state index is 15.0. The number of fused-ring (bicyclic) bond motifs is 1. The van der Waals surface area contributed by atoms with Gasteiger partial charge in [-0.3, -0.25) is 14.4 Å². The fraction of sp³-hybridized carbons (Fsp3) is 0.258. The van der Waals surface area contributed by atoms with Crippen molar-refractivity contribution in [1.82, 2.24) is 4.90 Å². The molecule has 4 aromatic rings. The van der Waals surface area contributed by atoms with Crippen molar-refractivity contribution in [1.29, 1.82) is 0 Å². The standard InChI is InChI=1S/C31H23F8N3O6S2/c1-48-23-10-22(33)18(29(45)42-12-16(13-42)50(2,46)47)9-19(23)28(44)41-27-17-5-3-14(30(34,35)36)7-24(17)49-25(27)11-26(43)40-15-4-6-21(32)20(8-15)31(37,38)39/h3-10,16H,11-13H2,1-2H3,(H,40,43)(H,41,44). The van der Waals surface area contributed by atoms with Crippen molar-refractivity contribution in [3.8, 4) is 5.75 Å². The van der Waals surface area contributed by atoms with Crippen molar-refractivity contribution < 1.29 is 62.7 Å². The van der Waals surface area contributed by atoms with Gasteiger partial charge < -0.3 is 20.3 Å². The smallest absolute Gasteiger partial charge is 0.419 e. The zero-order valence-electron chi connectivity index (χ0n) is 25.6. The van der Waals surface area contributed by atoms with Crippen molar-refractivity contribution in [3.63, 3.8) is 0 Å². The highest BCUT2D eigenvalue weighted by atomic mass is 32.2. The van der Waals surface area contributed by atoms with E-state index in [-0.39, 0.29) is 39.5 Å². The third-order valence-electron chi connectivity index (χ3n) is 7.71. The van der Waals surface area contributed by atoms with Crippen LogP contribution in [0.1, 0.15) is 36.7 Å². The third kappa shape index (κ3) is 7.52. The molecule has 1 saturated heterocycles. The maximum Gasteiger partial charge on any atom is 0.419 e. The number of likely N-dealkylation sites (tertiary alicyclic amines) is 1. The van der Waals surface area contributed by atoms with Gasteiger partial charge in [-0.15, -0.1) is 11.3 Å². The Morgan fingerprint density at radius 3 is 2.18 bits per heavy atom. The van der Waals surface area contributed by atoms with E-state index in [1.807, 2.05) is 0 Å². The zero-order chi connectivity index (χ0) is 36.9. The molecule has 0 aliphatic carbocycles. The Balaban J connectivity index is 1.48. The first-order chi connectivity index (χ1) is 23.2. The molecule has 50 heavy (non-hydrogen) atoms. The Labute approximate surface area is 281 Å². The van der Waals surface area contributed by atoms with E-state index in [2.05, 4.69) is 10.6 Å². The fourth-order valence-electron chi connectivity index (χ4n) is 5.05. The number of sulfone groups is 1. The minimum atomic E-state index is -5.08. The van der Waals surface area contributed by atoms with Crippen LogP contribution in [0.5, 0.6) is 5.75 Å². The molecule has 2 N–H and O–H groups in total. The Kier molecular flexibility index (Phi) is 9.61. The lowest BCUT2D eigenvalue weighted by molar-refractivity contribution is -0.140. The fourth-order valence-corrected chi connectivity index (χ4v) is 7.15. The molecule has 3 aromatic carbocycles. The molecule has 0 radical (unpaired) electrons. The summed E-state index contributed by atoms with van der Waals surface area (Å²) in [7, 11) is -2.39. The number of hydrogen-bond acceptors (Lipinski definition) is 7. The van der Waals surface area contributed by atoms with E-state index in [9.17, 15) is 53.5 Å². The average molecular weight is 750 g/mol. The Bertz CT molecular complexity index is 2140. The molecule has 1 aliphatic heterocycles. The molecule has 0 bridgehead atoms. The molecule has 0 atom stereocenters. The topological polar surface area (TPSA) is 122 Å². The van der Waals surface area contributed by atoms with Gasteiger partial charge in [0.15, 0.2) is 9.84 Å². The first kappa shape index (κ1) is 36.5. The summed E-state index contributed by atoms with van der Waals surface area (Å²) < 4.78 is 137. The highest BCUT2D eigenvalue weighted by Crippen LogP contribution is 2.41. The number of benzene rings is 3. The number of halogens is 8. The number of rotatable bonds is 8. The molecular weight excluding hydrogens is 726 g/mol. The number of anilines is 2. The van der Waals surface area contributed by atoms with E-state index in [0.29, 0.717) is 23.5 Å². The lowest BCUT2D eigenvalue weighted by Crippen LogP contribution is -2.56. The van der Waals surface area contributed by atoms with Crippen LogP contribution in [0.2, 0.25) is 0 Å². The Morgan fingerprint density at radius 1 is 0.900 bits per heavy atom. The molecule has 0 unspecified atom stereocenters. The van der Waals surface area contributed by atoms with Crippen LogP contribution in [0.4, 0.5) is 46.5 Å². The molecule has 2 heterocycles. The number of methoxy groups -OCH3 is 1. The third-order valence-corrected chi connectivity index (χ3v) is 10.4. The van der Waals surface area contributed by atoms with Gasteiger partial charge in [0.05, 0.1) is 46.7 Å². The lowest BCUT2D eigenvalue weighted by Gasteiger charge is -2.38. The molecule has 1 aliphatic rings. The molecule has 0 saturated carbocycles. The average Bonchev–Trinajstić information content (AvgIpc) is 3.30. The summed E-state index contributed by atoms with van der Waals surface area (Å²) in [6, 6.07) is 5.82. The minimum absolute atomic E-state index is 0.0325. The number of ether oxygens (including phenoxy) is 1. The maximum absolute atomic E-state index is 15.0. The molecule has 9 nitrogen and oxygen atoms in total. The van der Waals surface area contributed by atoms with Gasteiger partial charge in [-0.2, -0.15) is 26.3 Å². The number of thiophene rings is 1. The SMILES string of the molecule is COc1cc(F)c(C(=O)N2CC(S(C)(=O)=O)C2)cc1C(=O)Nc1c(CC(=O)Nc2ccc(F)c(C(F)(F)F)c2)sc2cc(C(F)(F)F)ccc12. The van der Waals surface area contributed by atoms with Crippen LogP contribution in [0.15, 0.2) is 48.5 Å². The molecule has 0 spiro atoms. The van der Waals surface area contributed by atoms with Crippen molar-refractivity contribution in [2.45, 2.75) is 24.0 Å². The summed E-state index contributed by atoms with van der Waals surface area (Å²) in [6.07, 6.45) is -9.54. The summed E-state index contributed by atoms with van der Waals surface area (Å²) in [4.78, 5) is 40.6. The Morgan fingerprint density at radius 2 is 1.58 bits per heavy atom. The summed E-state index contributed by atoms with van der Waals surface area (Å²) in [6.45, 7) is -0.432. The molecule has 1 aromatic heterocycles. The molecular formula is C31H23F8N3O6S2. The van der Waals surface area contributed by atoms with E-state index >= 15 is 4.39 Å². The second-order valence-electron chi connectivity index (χ2n) is 11.2. The second kappa shape index (κ2) is 13.2. The normalized spacial score (nSPS) is 14.0. The zero-order valence-corrected chi connectivity index (χ0v) is 27.2. The molecule has 19 heteroatoms. The summed E-state index contributed by atoms with van der Waals surface area (Å²) >= 11 is 0.660. The van der Waals surface area contributed by atoms with E-state index in [1.54, 1.807) is 0 Å². The number of carbonyl (C=O) groups excluding carboxylic acids is 3. The van der Waals surface area contributed by atoms with Crippen LogP contribution in [0, 0.1) is 11.6 Å². The van der Waals surface area contributed by atoms with Crippen molar-refractivity contribution in [3.05, 3.63) is 87.3 Å². The van der Waals surface area contributed by atoms with Gasteiger partial charge in [-0.1, -0.05) is 6.07 Å². The molecule has 5 rings (SSSR count). The second-order valence-corrected chi connectivity index (χ2v) is 14.6. The van der Waals surface area contributed by atoms with E-state index < -0.39 is 91.2 Å². The van der Waals surface area contributed by atoms with Crippen LogP contribution in [0.25, 0.3) is 10.1 Å². The molecule has 1 fully saturated rings. The van der Waals surface area contributed by atoms with Crippen molar-refractivity contribution in [2.75, 3.05) is 37.1 Å². The summed E-state index contributed by atoms with van der Waals surface area (Å²) in [5, 5.41) is 3.81. The van der Waals surface area contributed by atoms with E-state index in [4.69, 9.17) is 4.74 Å². The van der Waals surface area contributed by atoms with Crippen molar-refractivity contribution >= 4 is 60.4 Å². The number of nitrogens with zero attached hydrogens (tertiary/aromatic N) is 1. The van der Waals surface area contributed by atoms with Gasteiger partial charge in [0.2, 0.25) is 5.91 Å². The van der Waals surface area contributed by atoms with Gasteiger partial charge in [0, 0.05) is 46.1 Å². The first-order valence-electron chi connectivity index (χ1n) is 14.1. The highest BCUT2D eigenvalue weighted by Gasteiger charge is 2.39. The first-order valence-corrected chi connectivity index (χ1v) is 16.9. The Hall–Kier alpha value is -4.78. The number of carbonyl (C=O) groups is 3.